The summed E-state index contributed by atoms with van der Waals surface area (Å²) in [5.41, 5.74) is 2.59. The third-order valence-electron chi connectivity index (χ3n) is 4.76. The Labute approximate surface area is 170 Å². The number of carboxylic acids is 1. The first-order chi connectivity index (χ1) is 13.5. The monoisotopic (exact) mass is 413 g/mol. The maximum atomic E-state index is 12.5. The van der Waals surface area contributed by atoms with Gasteiger partial charge in [0.1, 0.15) is 10.6 Å². The van der Waals surface area contributed by atoms with Crippen molar-refractivity contribution in [3.05, 3.63) is 68.9 Å². The zero-order valence-electron chi connectivity index (χ0n) is 14.9. The predicted molar refractivity (Wildman–Crippen MR) is 110 cm³/mol. The smallest absolute Gasteiger partial charge is 0.346 e. The molecule has 142 valence electrons. The van der Waals surface area contributed by atoms with Crippen LogP contribution in [0.25, 0.3) is 11.1 Å². The van der Waals surface area contributed by atoms with Gasteiger partial charge in [0.15, 0.2) is 0 Å². The Morgan fingerprint density at radius 1 is 1.21 bits per heavy atom. The van der Waals surface area contributed by atoms with Crippen molar-refractivity contribution >= 4 is 40.5 Å². The third kappa shape index (κ3) is 3.15. The van der Waals surface area contributed by atoms with E-state index >= 15 is 0 Å². The van der Waals surface area contributed by atoms with E-state index in [9.17, 15) is 14.7 Å². The lowest BCUT2D eigenvalue weighted by Gasteiger charge is -2.24. The van der Waals surface area contributed by atoms with Crippen molar-refractivity contribution < 1.29 is 19.4 Å². The molecular weight excluding hydrogens is 398 g/mol. The minimum Gasteiger partial charge on any atom is -0.497 e. The standard InChI is InChI=1S/C21H16ClNO4S/c1-27-12-8-6-11(7-9-12)17-18-19(28-20(17)21(25)26)14(10-16(24)23-18)13-4-2-3-5-15(13)22/h2-9,14H,10H2,1H3,(H,23,24)(H,25,26). The average molecular weight is 414 g/mol. The highest BCUT2D eigenvalue weighted by molar-refractivity contribution is 7.15. The number of ether oxygens (including phenoxy) is 1. The SMILES string of the molecule is COc1ccc(-c2c(C(=O)O)sc3c2NC(=O)CC3c2ccccc2Cl)cc1. The van der Waals surface area contributed by atoms with Crippen LogP contribution in [-0.2, 0) is 4.79 Å². The number of anilines is 1. The molecule has 5 nitrogen and oxygen atoms in total. The molecule has 0 fully saturated rings. The van der Waals surface area contributed by atoms with Gasteiger partial charge in [-0.25, -0.2) is 4.79 Å². The summed E-state index contributed by atoms with van der Waals surface area (Å²) in [7, 11) is 1.57. The van der Waals surface area contributed by atoms with Gasteiger partial charge < -0.3 is 15.2 Å². The number of halogens is 1. The van der Waals surface area contributed by atoms with Crippen LogP contribution in [0.5, 0.6) is 5.75 Å². The van der Waals surface area contributed by atoms with Crippen LogP contribution in [0, 0.1) is 0 Å². The highest BCUT2D eigenvalue weighted by atomic mass is 35.5. The van der Waals surface area contributed by atoms with Crippen molar-refractivity contribution in [1.29, 1.82) is 0 Å². The van der Waals surface area contributed by atoms with Crippen molar-refractivity contribution in [3.8, 4) is 16.9 Å². The lowest BCUT2D eigenvalue weighted by Crippen LogP contribution is -2.22. The summed E-state index contributed by atoms with van der Waals surface area (Å²) in [5.74, 6) is -0.811. The lowest BCUT2D eigenvalue weighted by atomic mass is 9.88. The van der Waals surface area contributed by atoms with Crippen molar-refractivity contribution in [2.24, 2.45) is 0 Å². The number of carboxylic acid groups (broad SMARTS) is 1. The first kappa shape index (κ1) is 18.5. The molecule has 1 aliphatic heterocycles. The number of hydrogen-bond donors (Lipinski definition) is 2. The van der Waals surface area contributed by atoms with Crippen LogP contribution in [0.15, 0.2) is 48.5 Å². The number of thiophene rings is 1. The number of carbonyl (C=O) groups is 2. The Balaban J connectivity index is 1.93. The number of amides is 1. The predicted octanol–water partition coefficient (Wildman–Crippen LogP) is 5.25. The second-order valence-electron chi connectivity index (χ2n) is 6.41. The lowest BCUT2D eigenvalue weighted by molar-refractivity contribution is -0.116. The van der Waals surface area contributed by atoms with Crippen LogP contribution in [0.2, 0.25) is 5.02 Å². The molecule has 0 saturated carbocycles. The molecule has 28 heavy (non-hydrogen) atoms. The number of fused-ring (bicyclic) bond motifs is 1. The number of carbonyl (C=O) groups excluding carboxylic acids is 1. The van der Waals surface area contributed by atoms with E-state index in [1.165, 1.54) is 11.3 Å². The van der Waals surface area contributed by atoms with Crippen molar-refractivity contribution in [1.82, 2.24) is 0 Å². The second-order valence-corrected chi connectivity index (χ2v) is 7.86. The maximum Gasteiger partial charge on any atom is 0.346 e. The fourth-order valence-corrected chi connectivity index (χ4v) is 4.98. The van der Waals surface area contributed by atoms with Crippen LogP contribution >= 0.6 is 22.9 Å². The van der Waals surface area contributed by atoms with Gasteiger partial charge in [0.05, 0.1) is 12.8 Å². The molecule has 1 amide bonds. The summed E-state index contributed by atoms with van der Waals surface area (Å²) < 4.78 is 5.18. The van der Waals surface area contributed by atoms with Crippen LogP contribution in [0.3, 0.4) is 0 Å². The first-order valence-electron chi connectivity index (χ1n) is 8.58. The minimum absolute atomic E-state index is 0.165. The molecule has 2 aromatic carbocycles. The molecule has 1 aromatic heterocycles. The first-order valence-corrected chi connectivity index (χ1v) is 9.77. The molecule has 1 atom stereocenters. The van der Waals surface area contributed by atoms with Gasteiger partial charge in [-0.2, -0.15) is 0 Å². The Hall–Kier alpha value is -2.83. The number of nitrogens with one attached hydrogen (secondary N) is 1. The summed E-state index contributed by atoms with van der Waals surface area (Å²) >= 11 is 7.56. The summed E-state index contributed by atoms with van der Waals surface area (Å²) in [6.45, 7) is 0. The number of methoxy groups -OCH3 is 1. The Kier molecular flexibility index (Phi) is 4.83. The number of aromatic carboxylic acids is 1. The van der Waals surface area contributed by atoms with E-state index < -0.39 is 5.97 Å². The van der Waals surface area contributed by atoms with E-state index in [1.54, 1.807) is 37.4 Å². The average Bonchev–Trinajstić information content (AvgIpc) is 3.07. The summed E-state index contributed by atoms with van der Waals surface area (Å²) in [5, 5.41) is 13.2. The highest BCUT2D eigenvalue weighted by Crippen LogP contribution is 2.50. The van der Waals surface area contributed by atoms with Crippen LogP contribution < -0.4 is 10.1 Å². The van der Waals surface area contributed by atoms with Crippen molar-refractivity contribution in [3.63, 3.8) is 0 Å². The Morgan fingerprint density at radius 3 is 2.57 bits per heavy atom. The molecule has 0 saturated heterocycles. The summed E-state index contributed by atoms with van der Waals surface area (Å²) in [6, 6.07) is 14.5. The molecule has 4 rings (SSSR count). The maximum absolute atomic E-state index is 12.5. The topological polar surface area (TPSA) is 75.6 Å². The minimum atomic E-state index is -1.03. The molecule has 3 aromatic rings. The van der Waals surface area contributed by atoms with E-state index in [-0.39, 0.29) is 23.1 Å². The van der Waals surface area contributed by atoms with Crippen molar-refractivity contribution in [2.45, 2.75) is 12.3 Å². The largest absolute Gasteiger partial charge is 0.497 e. The molecule has 2 heterocycles. The molecule has 0 spiro atoms. The molecule has 2 N–H and O–H groups in total. The van der Waals surface area contributed by atoms with Crippen molar-refractivity contribution in [2.75, 3.05) is 12.4 Å². The summed E-state index contributed by atoms with van der Waals surface area (Å²) in [6.07, 6.45) is 0.221. The van der Waals surface area contributed by atoms with Gasteiger partial charge in [-0.15, -0.1) is 11.3 Å². The van der Waals surface area contributed by atoms with Crippen LogP contribution in [-0.4, -0.2) is 24.1 Å². The van der Waals surface area contributed by atoms with Gasteiger partial charge in [-0.05, 0) is 29.3 Å². The molecule has 1 unspecified atom stereocenters. The second kappa shape index (κ2) is 7.30. The van der Waals surface area contributed by atoms with Gasteiger partial charge in [0.25, 0.3) is 0 Å². The fourth-order valence-electron chi connectivity index (χ4n) is 3.48. The highest BCUT2D eigenvalue weighted by Gasteiger charge is 2.35. The summed E-state index contributed by atoms with van der Waals surface area (Å²) in [4.78, 5) is 25.4. The molecule has 7 heteroatoms. The van der Waals surface area contributed by atoms with Gasteiger partial charge in [0, 0.05) is 27.8 Å². The van der Waals surface area contributed by atoms with E-state index in [1.807, 2.05) is 18.2 Å². The zero-order chi connectivity index (χ0) is 19.8. The van der Waals surface area contributed by atoms with Gasteiger partial charge in [-0.3, -0.25) is 4.79 Å². The van der Waals surface area contributed by atoms with Crippen LogP contribution in [0.1, 0.15) is 32.5 Å². The van der Waals surface area contributed by atoms with E-state index in [2.05, 4.69) is 5.32 Å². The van der Waals surface area contributed by atoms with Gasteiger partial charge >= 0.3 is 5.97 Å². The molecule has 1 aliphatic rings. The van der Waals surface area contributed by atoms with E-state index in [0.717, 1.165) is 10.4 Å². The van der Waals surface area contributed by atoms with E-state index in [4.69, 9.17) is 16.3 Å². The van der Waals surface area contributed by atoms with Crippen LogP contribution in [0.4, 0.5) is 5.69 Å². The number of hydrogen-bond acceptors (Lipinski definition) is 4. The van der Waals surface area contributed by atoms with Gasteiger partial charge in [0.2, 0.25) is 5.91 Å². The number of rotatable bonds is 4. The third-order valence-corrected chi connectivity index (χ3v) is 6.40. The molecule has 0 aliphatic carbocycles. The molecule has 0 radical (unpaired) electrons. The molecule has 0 bridgehead atoms. The number of benzene rings is 2. The Bertz CT molecular complexity index is 1070. The molecular formula is C21H16ClNO4S. The van der Waals surface area contributed by atoms with Gasteiger partial charge in [-0.1, -0.05) is 41.9 Å². The fraction of sp³-hybridized carbons (Fsp3) is 0.143. The Morgan fingerprint density at radius 2 is 1.93 bits per heavy atom. The van der Waals surface area contributed by atoms with E-state index in [0.29, 0.717) is 27.6 Å². The zero-order valence-corrected chi connectivity index (χ0v) is 16.4. The normalized spacial score (nSPS) is 15.6. The quantitative estimate of drug-likeness (QED) is 0.612.